The van der Waals surface area contributed by atoms with E-state index in [0.717, 1.165) is 23.9 Å². The fourth-order valence-corrected chi connectivity index (χ4v) is 3.13. The van der Waals surface area contributed by atoms with E-state index in [-0.39, 0.29) is 5.91 Å². The quantitative estimate of drug-likeness (QED) is 0.687. The fourth-order valence-electron chi connectivity index (χ4n) is 2.93. The van der Waals surface area contributed by atoms with Crippen LogP contribution in [0.1, 0.15) is 24.0 Å². The molecule has 0 fully saturated rings. The second-order valence-electron chi connectivity index (χ2n) is 6.05. The molecule has 0 spiro atoms. The lowest BCUT2D eigenvalue weighted by Crippen LogP contribution is -2.26. The molecule has 3 aromatic rings. The number of nitrogens with zero attached hydrogens (tertiary/aromatic N) is 1. The van der Waals surface area contributed by atoms with Crippen LogP contribution in [0.25, 0.3) is 10.9 Å². The van der Waals surface area contributed by atoms with Crippen molar-refractivity contribution in [2.45, 2.75) is 25.8 Å². The smallest absolute Gasteiger partial charge is 0.222 e. The largest absolute Gasteiger partial charge is 0.361 e. The number of H-pyrrole nitrogens is 1. The van der Waals surface area contributed by atoms with E-state index < -0.39 is 0 Å². The van der Waals surface area contributed by atoms with Crippen molar-refractivity contribution in [2.75, 3.05) is 7.05 Å². The van der Waals surface area contributed by atoms with Crippen LogP contribution in [0.15, 0.2) is 54.7 Å². The molecule has 0 saturated heterocycles. The lowest BCUT2D eigenvalue weighted by Gasteiger charge is -2.18. The van der Waals surface area contributed by atoms with Crippen molar-refractivity contribution in [1.29, 1.82) is 0 Å². The van der Waals surface area contributed by atoms with Crippen LogP contribution in [0.4, 0.5) is 0 Å². The average Bonchev–Trinajstić information content (AvgIpc) is 3.00. The fraction of sp³-hybridized carbons (Fsp3) is 0.250. The van der Waals surface area contributed by atoms with Crippen LogP contribution >= 0.6 is 11.6 Å². The Kier molecular flexibility index (Phi) is 5.21. The van der Waals surface area contributed by atoms with Gasteiger partial charge in [0.1, 0.15) is 0 Å². The average molecular weight is 341 g/mol. The highest BCUT2D eigenvalue weighted by Gasteiger charge is 2.11. The molecule has 3 nitrogen and oxygen atoms in total. The normalized spacial score (nSPS) is 10.9. The molecule has 1 amide bonds. The standard InChI is InChI=1S/C20H21ClN2O/c1-23(14-16-7-2-4-10-18(16)21)20(24)12-6-8-15-13-22-19-11-5-3-9-17(15)19/h2-5,7,9-11,13,22H,6,8,12,14H2,1H3. The van der Waals surface area contributed by atoms with Crippen molar-refractivity contribution < 1.29 is 4.79 Å². The Morgan fingerprint density at radius 3 is 2.67 bits per heavy atom. The molecule has 0 atom stereocenters. The molecular weight excluding hydrogens is 320 g/mol. The van der Waals surface area contributed by atoms with Gasteiger partial charge in [-0.2, -0.15) is 0 Å². The third kappa shape index (κ3) is 3.80. The number of hydrogen-bond donors (Lipinski definition) is 1. The predicted octanol–water partition coefficient (Wildman–Crippen LogP) is 4.80. The van der Waals surface area contributed by atoms with Crippen LogP contribution in [0, 0.1) is 0 Å². The van der Waals surface area contributed by atoms with Crippen LogP contribution in [-0.4, -0.2) is 22.8 Å². The Labute approximate surface area is 147 Å². The van der Waals surface area contributed by atoms with Gasteiger partial charge in [-0.05, 0) is 36.1 Å². The maximum atomic E-state index is 12.3. The third-order valence-electron chi connectivity index (χ3n) is 4.30. The first kappa shape index (κ1) is 16.6. The van der Waals surface area contributed by atoms with Gasteiger partial charge in [-0.3, -0.25) is 4.79 Å². The zero-order valence-electron chi connectivity index (χ0n) is 13.8. The molecule has 1 aromatic heterocycles. The molecule has 0 aliphatic carbocycles. The molecule has 2 aromatic carbocycles. The zero-order chi connectivity index (χ0) is 16.9. The van der Waals surface area contributed by atoms with Crippen LogP contribution < -0.4 is 0 Å². The Hall–Kier alpha value is -2.26. The number of aromatic nitrogens is 1. The van der Waals surface area contributed by atoms with Gasteiger partial charge < -0.3 is 9.88 Å². The summed E-state index contributed by atoms with van der Waals surface area (Å²) in [7, 11) is 1.83. The first-order valence-corrected chi connectivity index (χ1v) is 8.55. The SMILES string of the molecule is CN(Cc1ccccc1Cl)C(=O)CCCc1c[nH]c2ccccc12. The van der Waals surface area contributed by atoms with Crippen LogP contribution in [0.2, 0.25) is 5.02 Å². The number of carbonyl (C=O) groups is 1. The van der Waals surface area contributed by atoms with Gasteiger partial charge in [0.05, 0.1) is 0 Å². The zero-order valence-corrected chi connectivity index (χ0v) is 14.5. The Morgan fingerprint density at radius 2 is 1.83 bits per heavy atom. The first-order valence-electron chi connectivity index (χ1n) is 8.17. The van der Waals surface area contributed by atoms with Crippen LogP contribution in [0.3, 0.4) is 0 Å². The highest BCUT2D eigenvalue weighted by molar-refractivity contribution is 6.31. The van der Waals surface area contributed by atoms with Crippen molar-refractivity contribution in [1.82, 2.24) is 9.88 Å². The molecule has 0 aliphatic heterocycles. The molecule has 3 rings (SSSR count). The minimum Gasteiger partial charge on any atom is -0.361 e. The maximum Gasteiger partial charge on any atom is 0.222 e. The molecule has 124 valence electrons. The van der Waals surface area contributed by atoms with Gasteiger partial charge >= 0.3 is 0 Å². The lowest BCUT2D eigenvalue weighted by atomic mass is 10.1. The molecule has 0 unspecified atom stereocenters. The molecule has 0 bridgehead atoms. The van der Waals surface area contributed by atoms with Crippen molar-refractivity contribution >= 4 is 28.4 Å². The Balaban J connectivity index is 1.53. The summed E-state index contributed by atoms with van der Waals surface area (Å²) in [6.45, 7) is 0.547. The minimum absolute atomic E-state index is 0.148. The number of halogens is 1. The summed E-state index contributed by atoms with van der Waals surface area (Å²) in [6.07, 6.45) is 4.33. The number of para-hydroxylation sites is 1. The highest BCUT2D eigenvalue weighted by atomic mass is 35.5. The van der Waals surface area contributed by atoms with Gasteiger partial charge in [0.15, 0.2) is 0 Å². The number of rotatable bonds is 6. The predicted molar refractivity (Wildman–Crippen MR) is 99.2 cm³/mol. The maximum absolute atomic E-state index is 12.3. The van der Waals surface area contributed by atoms with E-state index >= 15 is 0 Å². The molecule has 1 N–H and O–H groups in total. The number of benzene rings is 2. The number of amides is 1. The molecule has 4 heteroatoms. The van der Waals surface area contributed by atoms with E-state index in [4.69, 9.17) is 11.6 Å². The Bertz CT molecular complexity index is 840. The second kappa shape index (κ2) is 7.54. The van der Waals surface area contributed by atoms with E-state index in [2.05, 4.69) is 17.1 Å². The topological polar surface area (TPSA) is 36.1 Å². The van der Waals surface area contributed by atoms with Crippen molar-refractivity contribution in [3.05, 3.63) is 70.9 Å². The molecule has 0 saturated carbocycles. The first-order chi connectivity index (χ1) is 11.6. The summed E-state index contributed by atoms with van der Waals surface area (Å²) < 4.78 is 0. The minimum atomic E-state index is 0.148. The number of aryl methyl sites for hydroxylation is 1. The molecule has 0 radical (unpaired) electrons. The van der Waals surface area contributed by atoms with E-state index in [1.165, 1.54) is 10.9 Å². The number of fused-ring (bicyclic) bond motifs is 1. The van der Waals surface area contributed by atoms with E-state index in [9.17, 15) is 4.79 Å². The lowest BCUT2D eigenvalue weighted by molar-refractivity contribution is -0.130. The van der Waals surface area contributed by atoms with E-state index in [1.807, 2.05) is 49.6 Å². The third-order valence-corrected chi connectivity index (χ3v) is 4.67. The summed E-state index contributed by atoms with van der Waals surface area (Å²) in [4.78, 5) is 17.4. The summed E-state index contributed by atoms with van der Waals surface area (Å²) in [5, 5.41) is 1.95. The number of carbonyl (C=O) groups excluding carboxylic acids is 1. The number of hydrogen-bond acceptors (Lipinski definition) is 1. The molecular formula is C20H21ClN2O. The highest BCUT2D eigenvalue weighted by Crippen LogP contribution is 2.20. The summed E-state index contributed by atoms with van der Waals surface area (Å²) in [5.41, 5.74) is 3.40. The van der Waals surface area contributed by atoms with Crippen LogP contribution in [-0.2, 0) is 17.8 Å². The number of aromatic amines is 1. The van der Waals surface area contributed by atoms with Crippen molar-refractivity contribution in [3.8, 4) is 0 Å². The monoisotopic (exact) mass is 340 g/mol. The molecule has 0 aliphatic rings. The van der Waals surface area contributed by atoms with E-state index in [1.54, 1.807) is 4.90 Å². The van der Waals surface area contributed by atoms with Gasteiger partial charge in [0.2, 0.25) is 5.91 Å². The van der Waals surface area contributed by atoms with E-state index in [0.29, 0.717) is 18.0 Å². The summed E-state index contributed by atoms with van der Waals surface area (Å²) >= 11 is 6.16. The van der Waals surface area contributed by atoms with Crippen molar-refractivity contribution in [3.63, 3.8) is 0 Å². The van der Waals surface area contributed by atoms with Gasteiger partial charge in [-0.1, -0.05) is 48.0 Å². The van der Waals surface area contributed by atoms with Crippen LogP contribution in [0.5, 0.6) is 0 Å². The second-order valence-corrected chi connectivity index (χ2v) is 6.46. The summed E-state index contributed by atoms with van der Waals surface area (Å²) in [6, 6.07) is 15.9. The van der Waals surface area contributed by atoms with Crippen molar-refractivity contribution in [2.24, 2.45) is 0 Å². The van der Waals surface area contributed by atoms with Gasteiger partial charge in [0.25, 0.3) is 0 Å². The van der Waals surface area contributed by atoms with Gasteiger partial charge in [-0.25, -0.2) is 0 Å². The summed E-state index contributed by atoms with van der Waals surface area (Å²) in [5.74, 6) is 0.148. The molecule has 1 heterocycles. The van der Waals surface area contributed by atoms with Gasteiger partial charge in [0, 0.05) is 42.1 Å². The Morgan fingerprint density at radius 1 is 1.08 bits per heavy atom. The van der Waals surface area contributed by atoms with Gasteiger partial charge in [-0.15, -0.1) is 0 Å². The number of nitrogens with one attached hydrogen (secondary N) is 1. The molecule has 24 heavy (non-hydrogen) atoms.